The summed E-state index contributed by atoms with van der Waals surface area (Å²) in [6.07, 6.45) is 1.10. The van der Waals surface area contributed by atoms with Gasteiger partial charge in [0.15, 0.2) is 0 Å². The standard InChI is InChI=1S/C24H21F2N3O4S/c1-29(34(3,31)32)18-6-4-14-10-23(28-22(14)13-18)24(30)27-17-8-15(9-19(12-17)33-2)20-7-5-16(25)11-21(20)26/h4-13,28H,1-3H3,(H,27,30). The van der Waals surface area contributed by atoms with Gasteiger partial charge in [-0.25, -0.2) is 17.2 Å². The number of amides is 1. The van der Waals surface area contributed by atoms with Gasteiger partial charge in [0.25, 0.3) is 5.91 Å². The van der Waals surface area contributed by atoms with Crippen molar-refractivity contribution in [2.24, 2.45) is 0 Å². The Morgan fingerprint density at radius 1 is 1.03 bits per heavy atom. The second kappa shape index (κ2) is 8.79. The number of ether oxygens (including phenoxy) is 1. The summed E-state index contributed by atoms with van der Waals surface area (Å²) in [4.78, 5) is 15.9. The van der Waals surface area contributed by atoms with Gasteiger partial charge in [-0.05, 0) is 48.0 Å². The van der Waals surface area contributed by atoms with Crippen LogP contribution in [0.15, 0.2) is 60.7 Å². The van der Waals surface area contributed by atoms with Crippen LogP contribution in [0, 0.1) is 11.6 Å². The average molecular weight is 486 g/mol. The molecule has 0 unspecified atom stereocenters. The maximum atomic E-state index is 14.3. The molecule has 34 heavy (non-hydrogen) atoms. The Bertz CT molecular complexity index is 1520. The first-order valence-electron chi connectivity index (χ1n) is 10.1. The molecule has 4 rings (SSSR count). The number of methoxy groups -OCH3 is 1. The Morgan fingerprint density at radius 2 is 1.79 bits per heavy atom. The second-order valence-electron chi connectivity index (χ2n) is 7.71. The zero-order valence-corrected chi connectivity index (χ0v) is 19.3. The van der Waals surface area contributed by atoms with Crippen LogP contribution < -0.4 is 14.4 Å². The van der Waals surface area contributed by atoms with Gasteiger partial charge in [0.2, 0.25) is 10.0 Å². The van der Waals surface area contributed by atoms with Gasteiger partial charge in [-0.2, -0.15) is 0 Å². The molecule has 0 saturated carbocycles. The van der Waals surface area contributed by atoms with Crippen molar-refractivity contribution < 1.29 is 26.7 Å². The fourth-order valence-corrected chi connectivity index (χ4v) is 3.99. The van der Waals surface area contributed by atoms with E-state index in [9.17, 15) is 22.0 Å². The largest absolute Gasteiger partial charge is 0.497 e. The van der Waals surface area contributed by atoms with E-state index in [2.05, 4.69) is 10.3 Å². The third-order valence-corrected chi connectivity index (χ3v) is 6.56. The number of H-pyrrole nitrogens is 1. The summed E-state index contributed by atoms with van der Waals surface area (Å²) in [6.45, 7) is 0. The molecule has 0 aliphatic heterocycles. The molecular weight excluding hydrogens is 464 g/mol. The maximum Gasteiger partial charge on any atom is 0.272 e. The van der Waals surface area contributed by atoms with E-state index in [-0.39, 0.29) is 11.3 Å². The Balaban J connectivity index is 1.64. The molecule has 4 aromatic rings. The highest BCUT2D eigenvalue weighted by Crippen LogP contribution is 2.31. The first-order chi connectivity index (χ1) is 16.0. The molecule has 0 spiro atoms. The Hall–Kier alpha value is -3.92. The highest BCUT2D eigenvalue weighted by molar-refractivity contribution is 7.92. The number of carbonyl (C=O) groups is 1. The van der Waals surface area contributed by atoms with Crippen molar-refractivity contribution in [1.82, 2.24) is 4.98 Å². The monoisotopic (exact) mass is 485 g/mol. The molecule has 0 radical (unpaired) electrons. The molecule has 2 N–H and O–H groups in total. The summed E-state index contributed by atoms with van der Waals surface area (Å²) in [5.74, 6) is -1.52. The molecule has 0 aliphatic rings. The second-order valence-corrected chi connectivity index (χ2v) is 9.73. The first-order valence-corrected chi connectivity index (χ1v) is 11.9. The summed E-state index contributed by atoms with van der Waals surface area (Å²) >= 11 is 0. The number of halogens is 2. The van der Waals surface area contributed by atoms with Crippen LogP contribution in [-0.2, 0) is 10.0 Å². The SMILES string of the molecule is COc1cc(NC(=O)c2cc3ccc(N(C)S(C)(=O)=O)cc3[nH]2)cc(-c2ccc(F)cc2F)c1. The van der Waals surface area contributed by atoms with E-state index < -0.39 is 27.6 Å². The maximum absolute atomic E-state index is 14.3. The molecule has 176 valence electrons. The van der Waals surface area contributed by atoms with Crippen LogP contribution in [0.1, 0.15) is 10.5 Å². The number of rotatable bonds is 6. The predicted octanol–water partition coefficient (Wildman–Crippen LogP) is 4.77. The highest BCUT2D eigenvalue weighted by atomic mass is 32.2. The van der Waals surface area contributed by atoms with E-state index in [0.717, 1.165) is 28.1 Å². The molecular formula is C24H21F2N3O4S. The lowest BCUT2D eigenvalue weighted by Crippen LogP contribution is -2.24. The highest BCUT2D eigenvalue weighted by Gasteiger charge is 2.16. The molecule has 1 aromatic heterocycles. The van der Waals surface area contributed by atoms with Crippen LogP contribution in [-0.4, -0.2) is 39.7 Å². The first kappa shape index (κ1) is 23.2. The van der Waals surface area contributed by atoms with E-state index in [0.29, 0.717) is 28.2 Å². The van der Waals surface area contributed by atoms with Gasteiger partial charge in [-0.3, -0.25) is 9.10 Å². The van der Waals surface area contributed by atoms with Crippen molar-refractivity contribution >= 4 is 38.2 Å². The number of sulfonamides is 1. The van der Waals surface area contributed by atoms with Crippen molar-refractivity contribution in [2.45, 2.75) is 0 Å². The number of nitrogens with zero attached hydrogens (tertiary/aromatic N) is 1. The van der Waals surface area contributed by atoms with Crippen LogP contribution in [0.25, 0.3) is 22.0 Å². The van der Waals surface area contributed by atoms with Crippen molar-refractivity contribution in [3.05, 3.63) is 78.0 Å². The van der Waals surface area contributed by atoms with E-state index in [1.165, 1.54) is 20.2 Å². The number of fused-ring (bicyclic) bond motifs is 1. The number of carbonyl (C=O) groups excluding carboxylic acids is 1. The van der Waals surface area contributed by atoms with Gasteiger partial charge in [-0.1, -0.05) is 6.07 Å². The normalized spacial score (nSPS) is 11.4. The molecule has 7 nitrogen and oxygen atoms in total. The summed E-state index contributed by atoms with van der Waals surface area (Å²) in [6, 6.07) is 14.6. The van der Waals surface area contributed by atoms with Gasteiger partial charge in [-0.15, -0.1) is 0 Å². The average Bonchev–Trinajstić information content (AvgIpc) is 3.21. The Morgan fingerprint density at radius 3 is 2.47 bits per heavy atom. The van der Waals surface area contributed by atoms with Gasteiger partial charge in [0.1, 0.15) is 23.1 Å². The summed E-state index contributed by atoms with van der Waals surface area (Å²) in [5.41, 5.74) is 2.17. The number of aromatic amines is 1. The van der Waals surface area contributed by atoms with Crippen LogP contribution >= 0.6 is 0 Å². The van der Waals surface area contributed by atoms with Crippen LogP contribution in [0.4, 0.5) is 20.2 Å². The van der Waals surface area contributed by atoms with E-state index in [4.69, 9.17) is 4.74 Å². The lowest BCUT2D eigenvalue weighted by atomic mass is 10.0. The van der Waals surface area contributed by atoms with Crippen molar-refractivity contribution in [3.8, 4) is 16.9 Å². The number of hydrogen-bond donors (Lipinski definition) is 2. The molecule has 3 aromatic carbocycles. The minimum absolute atomic E-state index is 0.156. The van der Waals surface area contributed by atoms with Crippen molar-refractivity contribution in [3.63, 3.8) is 0 Å². The zero-order chi connectivity index (χ0) is 24.6. The quantitative estimate of drug-likeness (QED) is 0.412. The summed E-state index contributed by atoms with van der Waals surface area (Å²) in [5, 5.41) is 3.46. The number of anilines is 2. The molecule has 0 bridgehead atoms. The third-order valence-electron chi connectivity index (χ3n) is 5.35. The number of hydrogen-bond acceptors (Lipinski definition) is 4. The Kier molecular flexibility index (Phi) is 6.01. The van der Waals surface area contributed by atoms with E-state index in [1.54, 1.807) is 42.5 Å². The van der Waals surface area contributed by atoms with E-state index in [1.807, 2.05) is 0 Å². The molecule has 0 aliphatic carbocycles. The van der Waals surface area contributed by atoms with Crippen molar-refractivity contribution in [2.75, 3.05) is 30.0 Å². The molecule has 0 atom stereocenters. The van der Waals surface area contributed by atoms with Crippen LogP contribution in [0.5, 0.6) is 5.75 Å². The van der Waals surface area contributed by atoms with Gasteiger partial charge < -0.3 is 15.0 Å². The smallest absolute Gasteiger partial charge is 0.272 e. The fraction of sp³-hybridized carbons (Fsp3) is 0.125. The molecule has 10 heteroatoms. The lowest BCUT2D eigenvalue weighted by molar-refractivity contribution is 0.102. The predicted molar refractivity (Wildman–Crippen MR) is 128 cm³/mol. The van der Waals surface area contributed by atoms with Gasteiger partial charge in [0.05, 0.1) is 19.1 Å². The molecule has 0 saturated heterocycles. The number of nitrogens with one attached hydrogen (secondary N) is 2. The summed E-state index contributed by atoms with van der Waals surface area (Å²) < 4.78 is 57.6. The Labute approximate surface area is 195 Å². The molecule has 1 amide bonds. The summed E-state index contributed by atoms with van der Waals surface area (Å²) in [7, 11) is -0.552. The molecule has 1 heterocycles. The van der Waals surface area contributed by atoms with Gasteiger partial charge >= 0.3 is 0 Å². The lowest BCUT2D eigenvalue weighted by Gasteiger charge is -2.16. The zero-order valence-electron chi connectivity index (χ0n) is 18.5. The van der Waals surface area contributed by atoms with Crippen molar-refractivity contribution in [1.29, 1.82) is 0 Å². The molecule has 0 fully saturated rings. The third kappa shape index (κ3) is 4.72. The minimum atomic E-state index is -3.43. The number of benzene rings is 3. The van der Waals surface area contributed by atoms with E-state index >= 15 is 0 Å². The topological polar surface area (TPSA) is 91.5 Å². The van der Waals surface area contributed by atoms with Crippen LogP contribution in [0.2, 0.25) is 0 Å². The fourth-order valence-electron chi connectivity index (χ4n) is 3.49. The minimum Gasteiger partial charge on any atom is -0.497 e. The van der Waals surface area contributed by atoms with Gasteiger partial charge in [0, 0.05) is 41.3 Å². The number of aromatic nitrogens is 1. The van der Waals surface area contributed by atoms with Crippen LogP contribution in [0.3, 0.4) is 0 Å².